The Labute approximate surface area is 153 Å². The zero-order valence-electron chi connectivity index (χ0n) is 14.4. The number of carbonyl (C=O) groups excluding carboxylic acids is 1. The third kappa shape index (κ3) is 6.05. The van der Waals surface area contributed by atoms with E-state index in [1.165, 1.54) is 32.2 Å². The summed E-state index contributed by atoms with van der Waals surface area (Å²) < 4.78 is 5.56. The highest BCUT2D eigenvalue weighted by atomic mass is 35.5. The number of halogens is 2. The molecule has 2 fully saturated rings. The molecule has 0 aromatic carbocycles. The van der Waals surface area contributed by atoms with E-state index in [4.69, 9.17) is 4.74 Å². The molecule has 2 aliphatic rings. The van der Waals surface area contributed by atoms with Gasteiger partial charge in [-0.3, -0.25) is 9.69 Å². The average Bonchev–Trinajstić information content (AvgIpc) is 2.55. The first-order chi connectivity index (χ1) is 10.2. The Morgan fingerprint density at radius 2 is 2.00 bits per heavy atom. The van der Waals surface area contributed by atoms with Crippen LogP contribution >= 0.6 is 24.8 Å². The van der Waals surface area contributed by atoms with Gasteiger partial charge in [0.05, 0.1) is 0 Å². The Kier molecular flexibility index (Phi) is 11.4. The highest BCUT2D eigenvalue weighted by Crippen LogP contribution is 2.22. The summed E-state index contributed by atoms with van der Waals surface area (Å²) in [7, 11) is 1.66. The number of carbonyl (C=O) groups is 1. The molecule has 0 aliphatic carbocycles. The van der Waals surface area contributed by atoms with Gasteiger partial charge >= 0.3 is 0 Å². The Morgan fingerprint density at radius 1 is 1.30 bits per heavy atom. The van der Waals surface area contributed by atoms with Crippen LogP contribution in [-0.4, -0.2) is 62.3 Å². The molecule has 2 aliphatic heterocycles. The minimum Gasteiger partial charge on any atom is -0.368 e. The number of likely N-dealkylation sites (tertiary alicyclic amines) is 1. The van der Waals surface area contributed by atoms with Crippen molar-refractivity contribution in [2.45, 2.75) is 57.1 Å². The van der Waals surface area contributed by atoms with E-state index in [1.807, 2.05) is 0 Å². The van der Waals surface area contributed by atoms with E-state index in [0.717, 1.165) is 39.0 Å². The summed E-state index contributed by atoms with van der Waals surface area (Å²) in [6.07, 6.45) is 6.67. The summed E-state index contributed by atoms with van der Waals surface area (Å²) in [6, 6.07) is 0.700. The van der Waals surface area contributed by atoms with Gasteiger partial charge in [-0.1, -0.05) is 13.3 Å². The molecule has 0 saturated carbocycles. The smallest absolute Gasteiger partial charge is 0.252 e. The van der Waals surface area contributed by atoms with Crippen LogP contribution in [0.5, 0.6) is 0 Å². The zero-order valence-corrected chi connectivity index (χ0v) is 16.1. The van der Waals surface area contributed by atoms with Crippen molar-refractivity contribution in [2.24, 2.45) is 0 Å². The fraction of sp³-hybridized carbons (Fsp3) is 0.938. The van der Waals surface area contributed by atoms with Gasteiger partial charge in [-0.25, -0.2) is 0 Å². The highest BCUT2D eigenvalue weighted by Gasteiger charge is 2.39. The molecule has 1 atom stereocenters. The Bertz CT molecular complexity index is 339. The molecule has 0 aromatic heterocycles. The lowest BCUT2D eigenvalue weighted by molar-refractivity contribution is -0.146. The standard InChI is InChI=1S/C16H31N3O2.2ClH/c1-3-14-6-4-5-12-19(14)13-11-18-15(20)16(21-2)7-9-17-10-8-16;;/h14,17H,3-13H2,1-2H3,(H,18,20);2*1H. The molecule has 2 saturated heterocycles. The summed E-state index contributed by atoms with van der Waals surface area (Å²) in [4.78, 5) is 15.0. The van der Waals surface area contributed by atoms with Crippen LogP contribution in [0.25, 0.3) is 0 Å². The highest BCUT2D eigenvalue weighted by molar-refractivity contribution is 5.86. The van der Waals surface area contributed by atoms with E-state index in [2.05, 4.69) is 22.5 Å². The number of nitrogens with zero attached hydrogens (tertiary/aromatic N) is 1. The third-order valence-electron chi connectivity index (χ3n) is 5.12. The van der Waals surface area contributed by atoms with E-state index in [-0.39, 0.29) is 30.7 Å². The van der Waals surface area contributed by atoms with Crippen molar-refractivity contribution in [1.82, 2.24) is 15.5 Å². The van der Waals surface area contributed by atoms with Gasteiger partial charge in [0, 0.05) is 26.2 Å². The molecule has 2 rings (SSSR count). The lowest BCUT2D eigenvalue weighted by atomic mass is 9.91. The molecule has 2 heterocycles. The molecule has 1 unspecified atom stereocenters. The van der Waals surface area contributed by atoms with Gasteiger partial charge in [0.25, 0.3) is 5.91 Å². The van der Waals surface area contributed by atoms with Crippen molar-refractivity contribution in [3.05, 3.63) is 0 Å². The zero-order chi connectivity index (χ0) is 15.1. The molecule has 138 valence electrons. The maximum Gasteiger partial charge on any atom is 0.252 e. The van der Waals surface area contributed by atoms with Gasteiger partial charge in [-0.05, 0) is 51.7 Å². The number of methoxy groups -OCH3 is 1. The van der Waals surface area contributed by atoms with E-state index < -0.39 is 5.60 Å². The average molecular weight is 370 g/mol. The maximum atomic E-state index is 12.5. The Morgan fingerprint density at radius 3 is 2.61 bits per heavy atom. The summed E-state index contributed by atoms with van der Waals surface area (Å²) in [5, 5.41) is 6.38. The van der Waals surface area contributed by atoms with Gasteiger partial charge < -0.3 is 15.4 Å². The molecule has 5 nitrogen and oxygen atoms in total. The Hall–Kier alpha value is -0.0700. The number of hydrogen-bond donors (Lipinski definition) is 2. The van der Waals surface area contributed by atoms with Crippen LogP contribution in [0.4, 0.5) is 0 Å². The predicted molar refractivity (Wildman–Crippen MR) is 98.9 cm³/mol. The molecule has 23 heavy (non-hydrogen) atoms. The predicted octanol–water partition coefficient (Wildman–Crippen LogP) is 1.98. The minimum atomic E-state index is -0.614. The van der Waals surface area contributed by atoms with E-state index >= 15 is 0 Å². The summed E-state index contributed by atoms with van der Waals surface area (Å²) >= 11 is 0. The topological polar surface area (TPSA) is 53.6 Å². The second-order valence-electron chi connectivity index (χ2n) is 6.30. The van der Waals surface area contributed by atoms with Crippen molar-refractivity contribution < 1.29 is 9.53 Å². The first-order valence-corrected chi connectivity index (χ1v) is 8.50. The molecular weight excluding hydrogens is 337 g/mol. The number of ether oxygens (including phenoxy) is 1. The van der Waals surface area contributed by atoms with Crippen LogP contribution in [0.3, 0.4) is 0 Å². The van der Waals surface area contributed by atoms with Crippen molar-refractivity contribution in [1.29, 1.82) is 0 Å². The summed E-state index contributed by atoms with van der Waals surface area (Å²) in [5.41, 5.74) is -0.614. The van der Waals surface area contributed by atoms with E-state index in [0.29, 0.717) is 6.04 Å². The lowest BCUT2D eigenvalue weighted by Gasteiger charge is -2.37. The molecule has 2 N–H and O–H groups in total. The lowest BCUT2D eigenvalue weighted by Crippen LogP contribution is -2.55. The fourth-order valence-corrected chi connectivity index (χ4v) is 3.65. The van der Waals surface area contributed by atoms with Gasteiger partial charge in [0.2, 0.25) is 0 Å². The first-order valence-electron chi connectivity index (χ1n) is 8.50. The van der Waals surface area contributed by atoms with Crippen molar-refractivity contribution in [3.63, 3.8) is 0 Å². The molecule has 0 radical (unpaired) electrons. The second kappa shape index (κ2) is 11.5. The van der Waals surface area contributed by atoms with Crippen LogP contribution < -0.4 is 10.6 Å². The van der Waals surface area contributed by atoms with Gasteiger partial charge in [-0.15, -0.1) is 24.8 Å². The SMILES string of the molecule is CCC1CCCCN1CCNC(=O)C1(OC)CCNCC1.Cl.Cl. The molecule has 7 heteroatoms. The van der Waals surface area contributed by atoms with Crippen molar-refractivity contribution in [3.8, 4) is 0 Å². The molecular formula is C16H33Cl2N3O2. The maximum absolute atomic E-state index is 12.5. The Balaban J connectivity index is 0.00000242. The monoisotopic (exact) mass is 369 g/mol. The van der Waals surface area contributed by atoms with Crippen molar-refractivity contribution in [2.75, 3.05) is 39.8 Å². The first kappa shape index (κ1) is 22.9. The number of amides is 1. The van der Waals surface area contributed by atoms with Gasteiger partial charge in [0.1, 0.15) is 5.60 Å². The van der Waals surface area contributed by atoms with Gasteiger partial charge in [0.15, 0.2) is 0 Å². The summed E-state index contributed by atoms with van der Waals surface area (Å²) in [5.74, 6) is 0.0663. The largest absolute Gasteiger partial charge is 0.368 e. The van der Waals surface area contributed by atoms with E-state index in [9.17, 15) is 4.79 Å². The number of rotatable bonds is 6. The normalized spacial score (nSPS) is 24.2. The molecule has 0 aromatic rings. The fourth-order valence-electron chi connectivity index (χ4n) is 3.65. The van der Waals surface area contributed by atoms with Crippen LogP contribution in [0, 0.1) is 0 Å². The van der Waals surface area contributed by atoms with Gasteiger partial charge in [-0.2, -0.15) is 0 Å². The molecule has 0 spiro atoms. The van der Waals surface area contributed by atoms with Crippen LogP contribution in [0.2, 0.25) is 0 Å². The molecule has 1 amide bonds. The minimum absolute atomic E-state index is 0. The van der Waals surface area contributed by atoms with Crippen LogP contribution in [0.15, 0.2) is 0 Å². The summed E-state index contributed by atoms with van der Waals surface area (Å²) in [6.45, 7) is 6.83. The number of hydrogen-bond acceptors (Lipinski definition) is 4. The van der Waals surface area contributed by atoms with Crippen LogP contribution in [-0.2, 0) is 9.53 Å². The van der Waals surface area contributed by atoms with Crippen molar-refractivity contribution >= 4 is 30.7 Å². The second-order valence-corrected chi connectivity index (χ2v) is 6.30. The quantitative estimate of drug-likeness (QED) is 0.751. The molecule has 0 bridgehead atoms. The number of piperidine rings is 2. The van der Waals surface area contributed by atoms with E-state index in [1.54, 1.807) is 7.11 Å². The number of nitrogens with one attached hydrogen (secondary N) is 2. The third-order valence-corrected chi connectivity index (χ3v) is 5.12. The van der Waals surface area contributed by atoms with Crippen LogP contribution in [0.1, 0.15) is 45.4 Å².